The average molecular weight is 447 g/mol. The first-order valence-electron chi connectivity index (χ1n) is 11.0. The molecule has 1 aliphatic heterocycles. The second-order valence-corrected chi connectivity index (χ2v) is 8.93. The third-order valence-electron chi connectivity index (χ3n) is 6.10. The predicted molar refractivity (Wildman–Crippen MR) is 127 cm³/mol. The second-order valence-electron chi connectivity index (χ2n) is 8.07. The quantitative estimate of drug-likeness (QED) is 0.410. The van der Waals surface area contributed by atoms with Crippen molar-refractivity contribution in [3.05, 3.63) is 71.5 Å². The van der Waals surface area contributed by atoms with E-state index < -0.39 is 0 Å². The van der Waals surface area contributed by atoms with Gasteiger partial charge >= 0.3 is 0 Å². The van der Waals surface area contributed by atoms with Gasteiger partial charge in [-0.15, -0.1) is 11.3 Å². The van der Waals surface area contributed by atoms with Gasteiger partial charge in [-0.3, -0.25) is 9.78 Å². The van der Waals surface area contributed by atoms with Crippen molar-refractivity contribution >= 4 is 28.1 Å². The summed E-state index contributed by atoms with van der Waals surface area (Å²) in [5.74, 6) is 0.000561. The first-order valence-corrected chi connectivity index (χ1v) is 11.9. The smallest absolute Gasteiger partial charge is 0.273 e. The lowest BCUT2D eigenvalue weighted by molar-refractivity contribution is 0.0606. The maximum Gasteiger partial charge on any atom is 0.273 e. The van der Waals surface area contributed by atoms with Crippen LogP contribution in [0, 0.1) is 0 Å². The number of fused-ring (bicyclic) bond motifs is 1. The summed E-state index contributed by atoms with van der Waals surface area (Å²) in [7, 11) is 1.71. The van der Waals surface area contributed by atoms with Gasteiger partial charge in [0.2, 0.25) is 0 Å². The SMILES string of the molecule is COCCn1c(-c2nc(C(=O)N3CCCCC3c3cccnc3)cs2)cc2ccccc21. The summed E-state index contributed by atoms with van der Waals surface area (Å²) in [5.41, 5.74) is 3.78. The molecule has 1 amide bonds. The van der Waals surface area contributed by atoms with Gasteiger partial charge in [-0.1, -0.05) is 24.3 Å². The van der Waals surface area contributed by atoms with Crippen LogP contribution < -0.4 is 0 Å². The first-order chi connectivity index (χ1) is 15.8. The van der Waals surface area contributed by atoms with Crippen LogP contribution in [0.4, 0.5) is 0 Å². The molecular weight excluding hydrogens is 420 g/mol. The molecule has 0 aliphatic carbocycles. The summed E-state index contributed by atoms with van der Waals surface area (Å²) in [5, 5.41) is 3.91. The number of pyridine rings is 1. The van der Waals surface area contributed by atoms with Gasteiger partial charge < -0.3 is 14.2 Å². The van der Waals surface area contributed by atoms with E-state index in [1.165, 1.54) is 11.3 Å². The van der Waals surface area contributed by atoms with Crippen molar-refractivity contribution in [2.45, 2.75) is 31.8 Å². The third kappa shape index (κ3) is 3.94. The van der Waals surface area contributed by atoms with Crippen molar-refractivity contribution in [3.8, 4) is 10.7 Å². The van der Waals surface area contributed by atoms with Crippen molar-refractivity contribution in [1.82, 2.24) is 19.4 Å². The molecule has 4 aromatic rings. The summed E-state index contributed by atoms with van der Waals surface area (Å²) >= 11 is 1.52. The van der Waals surface area contributed by atoms with E-state index in [-0.39, 0.29) is 11.9 Å². The van der Waals surface area contributed by atoms with Gasteiger partial charge in [-0.25, -0.2) is 4.98 Å². The number of piperidine rings is 1. The number of para-hydroxylation sites is 1. The van der Waals surface area contributed by atoms with Crippen molar-refractivity contribution < 1.29 is 9.53 Å². The number of amides is 1. The Balaban J connectivity index is 1.46. The number of methoxy groups -OCH3 is 1. The number of nitrogens with zero attached hydrogens (tertiary/aromatic N) is 4. The summed E-state index contributed by atoms with van der Waals surface area (Å²) < 4.78 is 7.56. The van der Waals surface area contributed by atoms with Gasteiger partial charge in [0.15, 0.2) is 0 Å². The summed E-state index contributed by atoms with van der Waals surface area (Å²) in [6.45, 7) is 2.10. The van der Waals surface area contributed by atoms with Crippen LogP contribution in [0.1, 0.15) is 41.4 Å². The molecular formula is C25H26N4O2S. The fraction of sp³-hybridized carbons (Fsp3) is 0.320. The highest BCUT2D eigenvalue weighted by atomic mass is 32.1. The minimum Gasteiger partial charge on any atom is -0.383 e. The Labute approximate surface area is 191 Å². The Morgan fingerprint density at radius 3 is 2.97 bits per heavy atom. The molecule has 1 aromatic carbocycles. The van der Waals surface area contributed by atoms with Crippen LogP contribution in [0.3, 0.4) is 0 Å². The van der Waals surface area contributed by atoms with E-state index in [0.29, 0.717) is 12.3 Å². The third-order valence-corrected chi connectivity index (χ3v) is 6.97. The second kappa shape index (κ2) is 9.22. The van der Waals surface area contributed by atoms with Crippen LogP contribution in [-0.2, 0) is 11.3 Å². The number of hydrogen-bond donors (Lipinski definition) is 0. The maximum atomic E-state index is 13.5. The lowest BCUT2D eigenvalue weighted by Crippen LogP contribution is -2.38. The molecule has 1 unspecified atom stereocenters. The fourth-order valence-corrected chi connectivity index (χ4v) is 5.36. The zero-order valence-corrected chi connectivity index (χ0v) is 18.9. The van der Waals surface area contributed by atoms with Crippen molar-refractivity contribution in [2.24, 2.45) is 0 Å². The van der Waals surface area contributed by atoms with E-state index >= 15 is 0 Å². The Morgan fingerprint density at radius 1 is 1.22 bits per heavy atom. The lowest BCUT2D eigenvalue weighted by atomic mass is 9.96. The molecule has 1 saturated heterocycles. The molecule has 1 aliphatic rings. The monoisotopic (exact) mass is 446 g/mol. The van der Waals surface area contributed by atoms with Crippen LogP contribution in [0.2, 0.25) is 0 Å². The number of aromatic nitrogens is 3. The maximum absolute atomic E-state index is 13.5. The Morgan fingerprint density at radius 2 is 2.12 bits per heavy atom. The summed E-state index contributed by atoms with van der Waals surface area (Å²) in [6, 6.07) is 14.5. The zero-order valence-electron chi connectivity index (χ0n) is 18.1. The molecule has 3 aromatic heterocycles. The van der Waals surface area contributed by atoms with E-state index in [1.54, 1.807) is 13.3 Å². The van der Waals surface area contributed by atoms with Gasteiger partial charge in [0.1, 0.15) is 10.7 Å². The molecule has 5 rings (SSSR count). The highest BCUT2D eigenvalue weighted by Crippen LogP contribution is 2.34. The molecule has 1 fully saturated rings. The van der Waals surface area contributed by atoms with Crippen LogP contribution in [0.5, 0.6) is 0 Å². The van der Waals surface area contributed by atoms with Crippen LogP contribution in [0.25, 0.3) is 21.6 Å². The van der Waals surface area contributed by atoms with E-state index in [4.69, 9.17) is 9.72 Å². The van der Waals surface area contributed by atoms with E-state index in [9.17, 15) is 4.79 Å². The normalized spacial score (nSPS) is 16.5. The minimum atomic E-state index is 0.000561. The predicted octanol–water partition coefficient (Wildman–Crippen LogP) is 5.17. The topological polar surface area (TPSA) is 60.3 Å². The molecule has 32 heavy (non-hydrogen) atoms. The minimum absolute atomic E-state index is 0.000561. The molecule has 1 atom stereocenters. The van der Waals surface area contributed by atoms with Gasteiger partial charge in [0, 0.05) is 48.9 Å². The lowest BCUT2D eigenvalue weighted by Gasteiger charge is -2.35. The van der Waals surface area contributed by atoms with Gasteiger partial charge in [-0.05, 0) is 43.0 Å². The number of hydrogen-bond acceptors (Lipinski definition) is 5. The van der Waals surface area contributed by atoms with E-state index in [0.717, 1.165) is 59.5 Å². The van der Waals surface area contributed by atoms with Gasteiger partial charge in [0.05, 0.1) is 18.3 Å². The number of carbonyl (C=O) groups is 1. The molecule has 164 valence electrons. The highest BCUT2D eigenvalue weighted by Gasteiger charge is 2.30. The highest BCUT2D eigenvalue weighted by molar-refractivity contribution is 7.13. The molecule has 7 heteroatoms. The summed E-state index contributed by atoms with van der Waals surface area (Å²) in [4.78, 5) is 24.5. The van der Waals surface area contributed by atoms with Gasteiger partial charge in [-0.2, -0.15) is 0 Å². The van der Waals surface area contributed by atoms with Crippen molar-refractivity contribution in [3.63, 3.8) is 0 Å². The summed E-state index contributed by atoms with van der Waals surface area (Å²) in [6.07, 6.45) is 6.74. The standard InChI is InChI=1S/C25H26N4O2S/c1-31-14-13-28-21-9-3-2-7-18(21)15-23(28)24-27-20(17-32-24)25(30)29-12-5-4-10-22(29)19-8-6-11-26-16-19/h2-3,6-9,11,15-17,22H,4-5,10,12-14H2,1H3. The molecule has 0 saturated carbocycles. The Kier molecular flexibility index (Phi) is 6.01. The molecule has 0 N–H and O–H groups in total. The number of likely N-dealkylation sites (tertiary alicyclic amines) is 1. The van der Waals surface area contributed by atoms with Crippen LogP contribution in [0.15, 0.2) is 60.2 Å². The molecule has 0 radical (unpaired) electrons. The van der Waals surface area contributed by atoms with E-state index in [1.807, 2.05) is 34.7 Å². The largest absolute Gasteiger partial charge is 0.383 e. The Bertz CT molecular complexity index is 1220. The number of rotatable bonds is 6. The fourth-order valence-electron chi connectivity index (χ4n) is 4.54. The average Bonchev–Trinajstić information content (AvgIpc) is 3.48. The van der Waals surface area contributed by atoms with Crippen molar-refractivity contribution in [1.29, 1.82) is 0 Å². The first kappa shape index (κ1) is 20.8. The van der Waals surface area contributed by atoms with Crippen LogP contribution >= 0.6 is 11.3 Å². The van der Waals surface area contributed by atoms with E-state index in [2.05, 4.69) is 33.8 Å². The number of thiazole rings is 1. The zero-order chi connectivity index (χ0) is 21.9. The molecule has 4 heterocycles. The molecule has 0 bridgehead atoms. The molecule has 6 nitrogen and oxygen atoms in total. The molecule has 0 spiro atoms. The van der Waals surface area contributed by atoms with Crippen molar-refractivity contribution in [2.75, 3.05) is 20.3 Å². The number of benzene rings is 1. The number of ether oxygens (including phenoxy) is 1. The van der Waals surface area contributed by atoms with Gasteiger partial charge in [0.25, 0.3) is 5.91 Å². The Hall–Kier alpha value is -3.03. The number of carbonyl (C=O) groups excluding carboxylic acids is 1. The van der Waals surface area contributed by atoms with Crippen LogP contribution in [-0.4, -0.2) is 45.6 Å².